The zero-order chi connectivity index (χ0) is 20.3. The lowest BCUT2D eigenvalue weighted by Crippen LogP contribution is -1.94. The minimum atomic E-state index is 0.00614. The molecule has 0 aliphatic rings. The molecule has 0 spiro atoms. The van der Waals surface area contributed by atoms with Crippen LogP contribution in [0.5, 0.6) is 0 Å². The van der Waals surface area contributed by atoms with Crippen LogP contribution in [0.25, 0.3) is 38.7 Å². The van der Waals surface area contributed by atoms with E-state index in [0.29, 0.717) is 5.56 Å². The second kappa shape index (κ2) is 7.81. The van der Waals surface area contributed by atoms with Crippen molar-refractivity contribution in [3.63, 3.8) is 0 Å². The van der Waals surface area contributed by atoms with Crippen molar-refractivity contribution >= 4 is 33.4 Å². The fourth-order valence-electron chi connectivity index (χ4n) is 3.94. The maximum absolute atomic E-state index is 12.9. The monoisotopic (exact) mass is 384 g/mol. The minimum Gasteiger partial charge on any atom is -0.289 e. The first-order valence-electron chi connectivity index (χ1n) is 10.1. The van der Waals surface area contributed by atoms with Crippen molar-refractivity contribution in [3.8, 4) is 11.1 Å². The Balaban J connectivity index is 1.50. The molecule has 0 aromatic heterocycles. The Morgan fingerprint density at radius 3 is 1.73 bits per heavy atom. The highest BCUT2D eigenvalue weighted by molar-refractivity contribution is 6.11. The van der Waals surface area contributed by atoms with E-state index in [1.807, 2.05) is 72.8 Å². The summed E-state index contributed by atoms with van der Waals surface area (Å²) < 4.78 is 0. The number of fused-ring (bicyclic) bond motifs is 2. The fraction of sp³-hybridized carbons (Fsp3) is 0. The molecule has 0 amide bonds. The molecular formula is C29H20O. The summed E-state index contributed by atoms with van der Waals surface area (Å²) in [6.07, 6.45) is 3.64. The van der Waals surface area contributed by atoms with Gasteiger partial charge in [-0.3, -0.25) is 4.79 Å². The standard InChI is InChI=1S/C29H20O/c30-29(23-16-14-22(15-17-23)21-8-2-1-3-9-21)19-18-28-26-12-6-4-10-24(26)20-25-11-5-7-13-27(25)28/h1-20H/b19-18+. The Morgan fingerprint density at radius 2 is 1.10 bits per heavy atom. The van der Waals surface area contributed by atoms with E-state index in [1.54, 1.807) is 6.08 Å². The predicted octanol–water partition coefficient (Wildman–Crippen LogP) is 7.56. The highest BCUT2D eigenvalue weighted by atomic mass is 16.1. The summed E-state index contributed by atoms with van der Waals surface area (Å²) in [5.41, 5.74) is 4.03. The third-order valence-electron chi connectivity index (χ3n) is 5.49. The Morgan fingerprint density at radius 1 is 0.567 bits per heavy atom. The lowest BCUT2D eigenvalue weighted by atomic mass is 9.96. The molecule has 0 aliphatic carbocycles. The molecule has 0 unspecified atom stereocenters. The van der Waals surface area contributed by atoms with Crippen LogP contribution in [0.15, 0.2) is 115 Å². The third-order valence-corrected chi connectivity index (χ3v) is 5.49. The number of hydrogen-bond acceptors (Lipinski definition) is 1. The van der Waals surface area contributed by atoms with Gasteiger partial charge in [0.25, 0.3) is 0 Å². The van der Waals surface area contributed by atoms with Gasteiger partial charge in [-0.1, -0.05) is 103 Å². The van der Waals surface area contributed by atoms with E-state index < -0.39 is 0 Å². The summed E-state index contributed by atoms with van der Waals surface area (Å²) in [7, 11) is 0. The van der Waals surface area contributed by atoms with Gasteiger partial charge in [0.05, 0.1) is 0 Å². The smallest absolute Gasteiger partial charge is 0.185 e. The van der Waals surface area contributed by atoms with Crippen molar-refractivity contribution in [1.29, 1.82) is 0 Å². The summed E-state index contributed by atoms with van der Waals surface area (Å²) in [4.78, 5) is 12.9. The summed E-state index contributed by atoms with van der Waals surface area (Å²) in [6.45, 7) is 0. The van der Waals surface area contributed by atoms with Gasteiger partial charge >= 0.3 is 0 Å². The molecule has 0 radical (unpaired) electrons. The predicted molar refractivity (Wildman–Crippen MR) is 127 cm³/mol. The zero-order valence-electron chi connectivity index (χ0n) is 16.5. The van der Waals surface area contributed by atoms with Crippen molar-refractivity contribution < 1.29 is 4.79 Å². The number of benzene rings is 5. The molecule has 5 aromatic rings. The van der Waals surface area contributed by atoms with Crippen LogP contribution in [0, 0.1) is 0 Å². The lowest BCUT2D eigenvalue weighted by Gasteiger charge is -2.08. The van der Waals surface area contributed by atoms with Gasteiger partial charge in [0.15, 0.2) is 5.78 Å². The quantitative estimate of drug-likeness (QED) is 0.177. The second-order valence-electron chi connectivity index (χ2n) is 7.37. The average Bonchev–Trinajstić information content (AvgIpc) is 2.82. The normalized spacial score (nSPS) is 11.3. The molecule has 0 aliphatic heterocycles. The number of carbonyl (C=O) groups is 1. The van der Waals surface area contributed by atoms with Crippen molar-refractivity contribution in [2.24, 2.45) is 0 Å². The van der Waals surface area contributed by atoms with Gasteiger partial charge in [0, 0.05) is 5.56 Å². The molecule has 0 heterocycles. The van der Waals surface area contributed by atoms with Crippen molar-refractivity contribution in [1.82, 2.24) is 0 Å². The number of allylic oxidation sites excluding steroid dienone is 1. The van der Waals surface area contributed by atoms with E-state index in [1.165, 1.54) is 10.8 Å². The van der Waals surface area contributed by atoms with E-state index >= 15 is 0 Å². The Hall–Kier alpha value is -3.97. The molecule has 142 valence electrons. The van der Waals surface area contributed by atoms with Gasteiger partial charge in [-0.15, -0.1) is 0 Å². The van der Waals surface area contributed by atoms with Crippen LogP contribution in [-0.2, 0) is 0 Å². The number of ketones is 1. The number of carbonyl (C=O) groups excluding carboxylic acids is 1. The molecule has 0 saturated heterocycles. The van der Waals surface area contributed by atoms with Gasteiger partial charge < -0.3 is 0 Å². The molecule has 0 saturated carbocycles. The summed E-state index contributed by atoms with van der Waals surface area (Å²) >= 11 is 0. The van der Waals surface area contributed by atoms with E-state index in [-0.39, 0.29) is 5.78 Å². The van der Waals surface area contributed by atoms with Crippen LogP contribution in [-0.4, -0.2) is 5.78 Å². The van der Waals surface area contributed by atoms with Crippen LogP contribution in [0.4, 0.5) is 0 Å². The molecule has 5 aromatic carbocycles. The van der Waals surface area contributed by atoms with E-state index in [2.05, 4.69) is 42.5 Å². The van der Waals surface area contributed by atoms with Gasteiger partial charge in [-0.2, -0.15) is 0 Å². The molecule has 0 bridgehead atoms. The first-order valence-corrected chi connectivity index (χ1v) is 10.1. The maximum Gasteiger partial charge on any atom is 0.185 e. The summed E-state index contributed by atoms with van der Waals surface area (Å²) in [5.74, 6) is 0.00614. The fourth-order valence-corrected chi connectivity index (χ4v) is 3.94. The van der Waals surface area contributed by atoms with E-state index in [9.17, 15) is 4.79 Å². The van der Waals surface area contributed by atoms with Crippen molar-refractivity contribution in [2.45, 2.75) is 0 Å². The molecule has 5 rings (SSSR count). The largest absolute Gasteiger partial charge is 0.289 e. The van der Waals surface area contributed by atoms with Gasteiger partial charge in [-0.25, -0.2) is 0 Å². The maximum atomic E-state index is 12.9. The SMILES string of the molecule is O=C(/C=C/c1c2ccccc2cc2ccccc12)c1ccc(-c2ccccc2)cc1. The van der Waals surface area contributed by atoms with Crippen molar-refractivity contribution in [3.05, 3.63) is 126 Å². The minimum absolute atomic E-state index is 0.00614. The third kappa shape index (κ3) is 3.42. The molecule has 0 atom stereocenters. The molecule has 0 fully saturated rings. The highest BCUT2D eigenvalue weighted by Gasteiger charge is 2.07. The van der Waals surface area contributed by atoms with Gasteiger partial charge in [-0.05, 0) is 56.5 Å². The average molecular weight is 384 g/mol. The van der Waals surface area contributed by atoms with Crippen molar-refractivity contribution in [2.75, 3.05) is 0 Å². The topological polar surface area (TPSA) is 17.1 Å². The number of hydrogen-bond donors (Lipinski definition) is 0. The first-order chi connectivity index (χ1) is 14.8. The van der Waals surface area contributed by atoms with E-state index in [4.69, 9.17) is 0 Å². The molecule has 1 heteroatoms. The number of rotatable bonds is 4. The highest BCUT2D eigenvalue weighted by Crippen LogP contribution is 2.29. The Kier molecular flexibility index (Phi) is 4.71. The zero-order valence-corrected chi connectivity index (χ0v) is 16.5. The van der Waals surface area contributed by atoms with Crippen LogP contribution in [0.2, 0.25) is 0 Å². The second-order valence-corrected chi connectivity index (χ2v) is 7.37. The molecule has 30 heavy (non-hydrogen) atoms. The first kappa shape index (κ1) is 18.1. The molecule has 0 N–H and O–H groups in total. The Labute approximate surface area is 175 Å². The summed E-state index contributed by atoms with van der Waals surface area (Å²) in [6, 6.07) is 36.8. The van der Waals surface area contributed by atoms with Crippen LogP contribution in [0.3, 0.4) is 0 Å². The molecule has 1 nitrogen and oxygen atoms in total. The van der Waals surface area contributed by atoms with Crippen LogP contribution in [0.1, 0.15) is 15.9 Å². The van der Waals surface area contributed by atoms with Crippen LogP contribution < -0.4 is 0 Å². The van der Waals surface area contributed by atoms with Crippen LogP contribution >= 0.6 is 0 Å². The Bertz CT molecular complexity index is 1320. The van der Waals surface area contributed by atoms with Gasteiger partial charge in [0.2, 0.25) is 0 Å². The van der Waals surface area contributed by atoms with Gasteiger partial charge in [0.1, 0.15) is 0 Å². The van der Waals surface area contributed by atoms with E-state index in [0.717, 1.165) is 27.5 Å². The summed E-state index contributed by atoms with van der Waals surface area (Å²) in [5, 5.41) is 4.66. The lowest BCUT2D eigenvalue weighted by molar-refractivity contribution is 0.104. The molecular weight excluding hydrogens is 364 g/mol.